The monoisotopic (exact) mass is 284 g/mol. The van der Waals surface area contributed by atoms with Gasteiger partial charge in [-0.3, -0.25) is 0 Å². The highest BCUT2D eigenvalue weighted by atomic mass is 16.5. The Balaban J connectivity index is 2.19. The van der Waals surface area contributed by atoms with E-state index in [2.05, 4.69) is 21.1 Å². The van der Waals surface area contributed by atoms with Gasteiger partial charge in [-0.2, -0.15) is 0 Å². The number of ether oxygens (including phenoxy) is 1. The van der Waals surface area contributed by atoms with Crippen molar-refractivity contribution in [3.05, 3.63) is 71.8 Å². The normalized spacial score (nSPS) is 12.7. The molecule has 0 saturated heterocycles. The summed E-state index contributed by atoms with van der Waals surface area (Å²) in [4.78, 5) is 12.3. The molecule has 0 bridgehead atoms. The summed E-state index contributed by atoms with van der Waals surface area (Å²) in [5.74, 6) is -0.280. The van der Waals surface area contributed by atoms with E-state index in [1.54, 1.807) is 12.1 Å². The van der Waals surface area contributed by atoms with Crippen molar-refractivity contribution in [1.29, 1.82) is 0 Å². The van der Waals surface area contributed by atoms with Crippen LogP contribution in [0.3, 0.4) is 0 Å². The van der Waals surface area contributed by atoms with Crippen LogP contribution in [0, 0.1) is 0 Å². The third-order valence-electron chi connectivity index (χ3n) is 3.14. The largest absolute Gasteiger partial charge is 0.448 e. The number of carbonyl (C=O) groups excluding carboxylic acids is 1. The maximum absolute atomic E-state index is 12.3. The Hall–Kier alpha value is -2.13. The molecule has 2 aromatic carbocycles. The molecular weight excluding hydrogens is 262 g/mol. The first-order valence-corrected chi connectivity index (χ1v) is 7.07. The Labute approximate surface area is 126 Å². The quantitative estimate of drug-likeness (QED) is 0.622. The second-order valence-electron chi connectivity index (χ2n) is 6.14. The number of nitrogens with zero attached hydrogens (tertiary/aromatic N) is 1. The maximum Gasteiger partial charge on any atom is 0.338 e. The summed E-state index contributed by atoms with van der Waals surface area (Å²) >= 11 is 0. The number of hydrogen-bond acceptors (Lipinski definition) is 2. The van der Waals surface area contributed by atoms with Gasteiger partial charge in [0.25, 0.3) is 0 Å². The van der Waals surface area contributed by atoms with Crippen molar-refractivity contribution >= 4 is 5.97 Å². The van der Waals surface area contributed by atoms with Gasteiger partial charge in [-0.1, -0.05) is 48.5 Å². The van der Waals surface area contributed by atoms with Crippen molar-refractivity contribution < 1.29 is 14.0 Å². The molecule has 0 fully saturated rings. The number of rotatable bonds is 5. The summed E-state index contributed by atoms with van der Waals surface area (Å²) in [6.07, 6.45) is -0.251. The van der Waals surface area contributed by atoms with Crippen LogP contribution in [0.5, 0.6) is 0 Å². The zero-order valence-corrected chi connectivity index (χ0v) is 12.8. The van der Waals surface area contributed by atoms with E-state index in [0.717, 1.165) is 16.6 Å². The lowest BCUT2D eigenvalue weighted by Gasteiger charge is -2.29. The summed E-state index contributed by atoms with van der Waals surface area (Å²) in [5, 5.41) is 0. The molecule has 0 aromatic heterocycles. The Bertz CT molecular complexity index is 573. The molecule has 0 aliphatic carbocycles. The number of quaternary nitrogens is 1. The van der Waals surface area contributed by atoms with E-state index in [1.165, 1.54) is 0 Å². The van der Waals surface area contributed by atoms with Gasteiger partial charge in [-0.05, 0) is 17.7 Å². The molecule has 0 aliphatic heterocycles. The van der Waals surface area contributed by atoms with Gasteiger partial charge >= 0.3 is 5.97 Å². The molecule has 0 N–H and O–H groups in total. The van der Waals surface area contributed by atoms with Crippen LogP contribution in [0.1, 0.15) is 22.0 Å². The van der Waals surface area contributed by atoms with E-state index < -0.39 is 0 Å². The third-order valence-corrected chi connectivity index (χ3v) is 3.14. The fourth-order valence-corrected chi connectivity index (χ4v) is 2.15. The van der Waals surface area contributed by atoms with E-state index in [0.29, 0.717) is 5.56 Å². The highest BCUT2D eigenvalue weighted by Crippen LogP contribution is 2.21. The first-order chi connectivity index (χ1) is 9.96. The summed E-state index contributed by atoms with van der Waals surface area (Å²) < 4.78 is 6.47. The molecule has 0 spiro atoms. The van der Waals surface area contributed by atoms with Crippen LogP contribution in [-0.4, -0.2) is 38.1 Å². The van der Waals surface area contributed by atoms with Crippen LogP contribution in [0.4, 0.5) is 0 Å². The van der Waals surface area contributed by atoms with E-state index in [-0.39, 0.29) is 12.1 Å². The van der Waals surface area contributed by atoms with Crippen LogP contribution in [0.15, 0.2) is 60.7 Å². The Morgan fingerprint density at radius 3 is 2.00 bits per heavy atom. The van der Waals surface area contributed by atoms with Gasteiger partial charge in [0.15, 0.2) is 6.10 Å². The maximum atomic E-state index is 12.3. The molecular formula is C18H22NO2+. The first-order valence-electron chi connectivity index (χ1n) is 7.07. The lowest BCUT2D eigenvalue weighted by molar-refractivity contribution is -0.874. The fraction of sp³-hybridized carbons (Fsp3) is 0.278. The Morgan fingerprint density at radius 1 is 0.952 bits per heavy atom. The Morgan fingerprint density at radius 2 is 1.48 bits per heavy atom. The van der Waals surface area contributed by atoms with Gasteiger partial charge in [-0.15, -0.1) is 0 Å². The smallest absolute Gasteiger partial charge is 0.338 e. The van der Waals surface area contributed by atoms with Gasteiger partial charge in [0.05, 0.1) is 26.7 Å². The van der Waals surface area contributed by atoms with Crippen molar-refractivity contribution in [1.82, 2.24) is 0 Å². The van der Waals surface area contributed by atoms with Crippen molar-refractivity contribution in [3.63, 3.8) is 0 Å². The summed E-state index contributed by atoms with van der Waals surface area (Å²) in [7, 11) is 6.27. The first kappa shape index (κ1) is 15.3. The van der Waals surface area contributed by atoms with Crippen LogP contribution >= 0.6 is 0 Å². The molecule has 1 unspecified atom stereocenters. The van der Waals surface area contributed by atoms with Gasteiger partial charge in [0, 0.05) is 0 Å². The standard InChI is InChI=1S/C18H22NO2/c1-19(2,3)14-17(15-10-6-4-7-11-15)21-18(20)16-12-8-5-9-13-16/h4-13,17H,14H2,1-3H3/q+1. The molecule has 1 atom stereocenters. The number of esters is 1. The van der Waals surface area contributed by atoms with Crippen molar-refractivity contribution in [2.24, 2.45) is 0 Å². The molecule has 0 amide bonds. The molecule has 3 nitrogen and oxygen atoms in total. The third kappa shape index (κ3) is 4.72. The SMILES string of the molecule is C[N+](C)(C)CC(OC(=O)c1ccccc1)c1ccccc1. The average Bonchev–Trinajstić information content (AvgIpc) is 2.47. The van der Waals surface area contributed by atoms with Crippen LogP contribution in [0.2, 0.25) is 0 Å². The molecule has 0 radical (unpaired) electrons. The Kier molecular flexibility index (Phi) is 4.76. The van der Waals surface area contributed by atoms with Crippen LogP contribution < -0.4 is 0 Å². The molecule has 0 heterocycles. The molecule has 0 saturated carbocycles. The number of carbonyl (C=O) groups is 1. The number of benzene rings is 2. The highest BCUT2D eigenvalue weighted by molar-refractivity contribution is 5.89. The minimum absolute atomic E-state index is 0.251. The topological polar surface area (TPSA) is 26.3 Å². The van der Waals surface area contributed by atoms with Crippen molar-refractivity contribution in [3.8, 4) is 0 Å². The minimum Gasteiger partial charge on any atom is -0.448 e. The lowest BCUT2D eigenvalue weighted by atomic mass is 10.1. The van der Waals surface area contributed by atoms with Crippen molar-refractivity contribution in [2.75, 3.05) is 27.7 Å². The van der Waals surface area contributed by atoms with Crippen LogP contribution in [-0.2, 0) is 4.74 Å². The highest BCUT2D eigenvalue weighted by Gasteiger charge is 2.24. The van der Waals surface area contributed by atoms with E-state index in [4.69, 9.17) is 4.74 Å². The molecule has 0 aliphatic rings. The van der Waals surface area contributed by atoms with Gasteiger partial charge in [0.1, 0.15) is 6.54 Å². The molecule has 3 heteroatoms. The summed E-state index contributed by atoms with van der Waals surface area (Å²) in [6, 6.07) is 19.0. The minimum atomic E-state index is -0.280. The van der Waals surface area contributed by atoms with Gasteiger partial charge in [0.2, 0.25) is 0 Å². The zero-order chi connectivity index (χ0) is 15.3. The second-order valence-corrected chi connectivity index (χ2v) is 6.14. The van der Waals surface area contributed by atoms with E-state index >= 15 is 0 Å². The van der Waals surface area contributed by atoms with Gasteiger partial charge in [-0.25, -0.2) is 4.79 Å². The summed E-state index contributed by atoms with van der Waals surface area (Å²) in [5.41, 5.74) is 1.61. The average molecular weight is 284 g/mol. The van der Waals surface area contributed by atoms with E-state index in [9.17, 15) is 4.79 Å². The lowest BCUT2D eigenvalue weighted by Crippen LogP contribution is -2.39. The molecule has 2 aromatic rings. The van der Waals surface area contributed by atoms with Crippen molar-refractivity contribution in [2.45, 2.75) is 6.10 Å². The number of likely N-dealkylation sites (N-methyl/N-ethyl adjacent to an activating group) is 1. The van der Waals surface area contributed by atoms with E-state index in [1.807, 2.05) is 48.5 Å². The predicted octanol–water partition coefficient (Wildman–Crippen LogP) is 3.29. The molecule has 110 valence electrons. The molecule has 21 heavy (non-hydrogen) atoms. The fourth-order valence-electron chi connectivity index (χ4n) is 2.15. The van der Waals surface area contributed by atoms with Crippen LogP contribution in [0.25, 0.3) is 0 Å². The molecule has 2 rings (SSSR count). The number of hydrogen-bond donors (Lipinski definition) is 0. The predicted molar refractivity (Wildman–Crippen MR) is 83.9 cm³/mol. The zero-order valence-electron chi connectivity index (χ0n) is 12.8. The summed E-state index contributed by atoms with van der Waals surface area (Å²) in [6.45, 7) is 0.725. The van der Waals surface area contributed by atoms with Gasteiger partial charge < -0.3 is 9.22 Å². The second kappa shape index (κ2) is 6.55.